The van der Waals surface area contributed by atoms with Gasteiger partial charge in [-0.2, -0.15) is 0 Å². The van der Waals surface area contributed by atoms with Crippen molar-refractivity contribution in [2.45, 2.75) is 18.5 Å². The molecular formula is C19H27N3O6. The number of carbonyl (C=O) groups is 3. The molecule has 0 spiro atoms. The summed E-state index contributed by atoms with van der Waals surface area (Å²) in [7, 11) is 4.27. The van der Waals surface area contributed by atoms with Crippen LogP contribution in [0.2, 0.25) is 0 Å². The molecule has 0 bridgehead atoms. The van der Waals surface area contributed by atoms with Crippen LogP contribution in [0.3, 0.4) is 0 Å². The first kappa shape index (κ1) is 21.6. The van der Waals surface area contributed by atoms with E-state index in [0.717, 1.165) is 5.56 Å². The third-order valence-electron chi connectivity index (χ3n) is 4.54. The number of benzene rings is 1. The Labute approximate surface area is 164 Å². The number of ether oxygens (including phenoxy) is 3. The highest BCUT2D eigenvalue weighted by molar-refractivity contribution is 5.91. The average molecular weight is 393 g/mol. The Balaban J connectivity index is 2.09. The van der Waals surface area contributed by atoms with Gasteiger partial charge in [-0.15, -0.1) is 0 Å². The van der Waals surface area contributed by atoms with E-state index in [0.29, 0.717) is 25.4 Å². The van der Waals surface area contributed by atoms with Crippen molar-refractivity contribution >= 4 is 17.8 Å². The normalized spacial score (nSPS) is 17.5. The van der Waals surface area contributed by atoms with Gasteiger partial charge in [0.15, 0.2) is 0 Å². The molecule has 9 heteroatoms. The summed E-state index contributed by atoms with van der Waals surface area (Å²) in [6.45, 7) is 1.18. The summed E-state index contributed by atoms with van der Waals surface area (Å²) in [5.74, 6) is -0.542. The summed E-state index contributed by atoms with van der Waals surface area (Å²) in [5.41, 5.74) is 0.839. The molecule has 2 amide bonds. The van der Waals surface area contributed by atoms with Crippen molar-refractivity contribution in [1.29, 1.82) is 0 Å². The van der Waals surface area contributed by atoms with Crippen molar-refractivity contribution in [2.24, 2.45) is 0 Å². The summed E-state index contributed by atoms with van der Waals surface area (Å²) in [6, 6.07) is 5.60. The van der Waals surface area contributed by atoms with Gasteiger partial charge in [-0.3, -0.25) is 9.59 Å². The third kappa shape index (κ3) is 5.67. The van der Waals surface area contributed by atoms with E-state index in [1.165, 1.54) is 19.1 Å². The molecule has 1 aliphatic rings. The minimum Gasteiger partial charge on any atom is -0.497 e. The number of hydrogen-bond donors (Lipinski definition) is 2. The number of nitrogens with one attached hydrogen (secondary N) is 2. The number of piperazine rings is 1. The average Bonchev–Trinajstić information content (AvgIpc) is 2.73. The van der Waals surface area contributed by atoms with Crippen LogP contribution in [-0.2, 0) is 30.3 Å². The maximum Gasteiger partial charge on any atom is 0.328 e. The molecule has 1 aromatic rings. The quantitative estimate of drug-likeness (QED) is 0.565. The molecule has 1 aliphatic heterocycles. The van der Waals surface area contributed by atoms with E-state index in [2.05, 4.69) is 10.6 Å². The molecule has 0 radical (unpaired) electrons. The zero-order chi connectivity index (χ0) is 20.5. The summed E-state index contributed by atoms with van der Waals surface area (Å²) in [4.78, 5) is 38.7. The molecule has 0 aromatic heterocycles. The highest BCUT2D eigenvalue weighted by Crippen LogP contribution is 2.14. The molecule has 9 nitrogen and oxygen atoms in total. The zero-order valence-corrected chi connectivity index (χ0v) is 16.4. The van der Waals surface area contributed by atoms with Crippen LogP contribution in [0.25, 0.3) is 0 Å². The Morgan fingerprint density at radius 2 is 1.93 bits per heavy atom. The largest absolute Gasteiger partial charge is 0.497 e. The van der Waals surface area contributed by atoms with Crippen LogP contribution >= 0.6 is 0 Å². The highest BCUT2D eigenvalue weighted by atomic mass is 16.5. The number of amides is 2. The molecule has 1 aromatic carbocycles. The van der Waals surface area contributed by atoms with E-state index in [4.69, 9.17) is 14.2 Å². The third-order valence-corrected chi connectivity index (χ3v) is 4.54. The van der Waals surface area contributed by atoms with Crippen LogP contribution in [-0.4, -0.2) is 82.3 Å². The van der Waals surface area contributed by atoms with Crippen LogP contribution in [0, 0.1) is 0 Å². The lowest BCUT2D eigenvalue weighted by atomic mass is 10.0. The summed E-state index contributed by atoms with van der Waals surface area (Å²) in [6.07, 6.45) is 0.259. The number of nitrogens with zero attached hydrogens (tertiary/aromatic N) is 1. The van der Waals surface area contributed by atoms with Crippen LogP contribution < -0.4 is 15.4 Å². The van der Waals surface area contributed by atoms with E-state index in [1.807, 2.05) is 12.1 Å². The standard InChI is InChI=1S/C19H27N3O6/c1-26-12-17(23)22-9-8-20-11-16(22)18(24)21-15(19(25)28-3)10-13-4-6-14(27-2)7-5-13/h4-7,15-16,20H,8-12H2,1-3H3,(H,21,24). The highest BCUT2D eigenvalue weighted by Gasteiger charge is 2.34. The Morgan fingerprint density at radius 1 is 1.21 bits per heavy atom. The van der Waals surface area contributed by atoms with Gasteiger partial charge in [0.05, 0.1) is 14.2 Å². The van der Waals surface area contributed by atoms with Gasteiger partial charge in [-0.1, -0.05) is 12.1 Å². The predicted octanol–water partition coefficient (Wildman–Crippen LogP) is -0.658. The number of esters is 1. The summed E-state index contributed by atoms with van der Waals surface area (Å²) in [5, 5.41) is 5.82. The molecule has 2 N–H and O–H groups in total. The maximum absolute atomic E-state index is 12.8. The molecule has 1 fully saturated rings. The molecule has 2 atom stereocenters. The molecule has 0 aliphatic carbocycles. The molecule has 2 rings (SSSR count). The van der Waals surface area contributed by atoms with Crippen LogP contribution in [0.5, 0.6) is 5.75 Å². The number of methoxy groups -OCH3 is 3. The molecular weight excluding hydrogens is 366 g/mol. The van der Waals surface area contributed by atoms with Crippen molar-refractivity contribution in [3.05, 3.63) is 29.8 Å². The number of carbonyl (C=O) groups excluding carboxylic acids is 3. The van der Waals surface area contributed by atoms with Crippen molar-refractivity contribution < 1.29 is 28.6 Å². The molecule has 1 heterocycles. The van der Waals surface area contributed by atoms with E-state index >= 15 is 0 Å². The Bertz CT molecular complexity index is 679. The second-order valence-corrected chi connectivity index (χ2v) is 6.38. The number of hydrogen-bond acceptors (Lipinski definition) is 7. The molecule has 0 saturated carbocycles. The van der Waals surface area contributed by atoms with Crippen LogP contribution in [0.15, 0.2) is 24.3 Å². The van der Waals surface area contributed by atoms with Gasteiger partial charge >= 0.3 is 5.97 Å². The topological polar surface area (TPSA) is 106 Å². The number of rotatable bonds is 8. The smallest absolute Gasteiger partial charge is 0.328 e. The van der Waals surface area contributed by atoms with Gasteiger partial charge in [-0.05, 0) is 17.7 Å². The lowest BCUT2D eigenvalue weighted by Crippen LogP contribution is -2.62. The first-order valence-corrected chi connectivity index (χ1v) is 9.00. The van der Waals surface area contributed by atoms with E-state index in [-0.39, 0.29) is 18.9 Å². The van der Waals surface area contributed by atoms with E-state index in [1.54, 1.807) is 19.2 Å². The van der Waals surface area contributed by atoms with Crippen molar-refractivity contribution in [1.82, 2.24) is 15.5 Å². The summed E-state index contributed by atoms with van der Waals surface area (Å²) >= 11 is 0. The zero-order valence-electron chi connectivity index (χ0n) is 16.4. The monoisotopic (exact) mass is 393 g/mol. The van der Waals surface area contributed by atoms with Gasteiger partial charge in [0.25, 0.3) is 0 Å². The van der Waals surface area contributed by atoms with Crippen molar-refractivity contribution in [3.63, 3.8) is 0 Å². The SMILES string of the molecule is COCC(=O)N1CCNCC1C(=O)NC(Cc1ccc(OC)cc1)C(=O)OC. The lowest BCUT2D eigenvalue weighted by Gasteiger charge is -2.35. The molecule has 2 unspecified atom stereocenters. The lowest BCUT2D eigenvalue weighted by molar-refractivity contribution is -0.148. The van der Waals surface area contributed by atoms with Crippen molar-refractivity contribution in [3.8, 4) is 5.75 Å². The first-order chi connectivity index (χ1) is 13.5. The van der Waals surface area contributed by atoms with Crippen LogP contribution in [0.1, 0.15) is 5.56 Å². The Morgan fingerprint density at radius 3 is 2.54 bits per heavy atom. The van der Waals surface area contributed by atoms with Crippen molar-refractivity contribution in [2.75, 3.05) is 47.6 Å². The van der Waals surface area contributed by atoms with Crippen LogP contribution in [0.4, 0.5) is 0 Å². The minimum atomic E-state index is -0.868. The minimum absolute atomic E-state index is 0.101. The fourth-order valence-corrected chi connectivity index (χ4v) is 3.04. The van der Waals surface area contributed by atoms with Gasteiger partial charge in [0.2, 0.25) is 11.8 Å². The van der Waals surface area contributed by atoms with Gasteiger partial charge in [-0.25, -0.2) is 4.79 Å². The Kier molecular flexibility index (Phi) is 8.21. The summed E-state index contributed by atoms with van der Waals surface area (Å²) < 4.78 is 14.9. The molecule has 28 heavy (non-hydrogen) atoms. The fraction of sp³-hybridized carbons (Fsp3) is 0.526. The fourth-order valence-electron chi connectivity index (χ4n) is 3.04. The maximum atomic E-state index is 12.8. The first-order valence-electron chi connectivity index (χ1n) is 9.00. The van der Waals surface area contributed by atoms with Gasteiger partial charge in [0.1, 0.15) is 24.4 Å². The second kappa shape index (κ2) is 10.6. The molecule has 154 valence electrons. The Hall–Kier alpha value is -2.65. The van der Waals surface area contributed by atoms with E-state index in [9.17, 15) is 14.4 Å². The second-order valence-electron chi connectivity index (χ2n) is 6.38. The predicted molar refractivity (Wildman–Crippen MR) is 101 cm³/mol. The van der Waals surface area contributed by atoms with Gasteiger partial charge < -0.3 is 29.7 Å². The van der Waals surface area contributed by atoms with E-state index < -0.39 is 24.0 Å². The van der Waals surface area contributed by atoms with Gasteiger partial charge in [0, 0.05) is 33.2 Å². The molecule has 1 saturated heterocycles.